The summed E-state index contributed by atoms with van der Waals surface area (Å²) in [6, 6.07) is 7.32. The molecule has 0 aliphatic rings. The largest absolute Gasteiger partial charge is 0.460 e. The molecule has 0 N–H and O–H groups in total. The van der Waals surface area contributed by atoms with Crippen molar-refractivity contribution in [3.05, 3.63) is 48.3 Å². The number of halogens is 9. The Morgan fingerprint density at radius 1 is 0.692 bits per heavy atom. The minimum Gasteiger partial charge on any atom is -0.313 e. The van der Waals surface area contributed by atoms with E-state index < -0.39 is 35.2 Å². The van der Waals surface area contributed by atoms with E-state index in [1.54, 1.807) is 0 Å². The van der Waals surface area contributed by atoms with E-state index in [1.807, 2.05) is 0 Å². The van der Waals surface area contributed by atoms with E-state index in [0.717, 1.165) is 22.6 Å². The third kappa shape index (κ3) is 2.25. The molecule has 0 aliphatic heterocycles. The topological polar surface area (TPSA) is 17.3 Å². The third-order valence-electron chi connectivity index (χ3n) is 3.81. The highest BCUT2D eigenvalue weighted by molar-refractivity contribution is 5.80. The van der Waals surface area contributed by atoms with Gasteiger partial charge in [0.2, 0.25) is 0 Å². The second-order valence-corrected chi connectivity index (χ2v) is 5.43. The van der Waals surface area contributed by atoms with Gasteiger partial charge in [-0.15, -0.1) is 0 Å². The molecule has 26 heavy (non-hydrogen) atoms. The van der Waals surface area contributed by atoms with Crippen LogP contribution in [0.1, 0.15) is 5.69 Å². The van der Waals surface area contributed by atoms with Gasteiger partial charge in [-0.1, -0.05) is 12.1 Å². The fourth-order valence-corrected chi connectivity index (χ4v) is 2.48. The summed E-state index contributed by atoms with van der Waals surface area (Å²) in [7, 11) is 0. The Kier molecular flexibility index (Phi) is 3.72. The molecule has 0 aliphatic carbocycles. The van der Waals surface area contributed by atoms with Gasteiger partial charge in [-0.2, -0.15) is 39.5 Å². The number of nitrogens with zero attached hydrogens (tertiary/aromatic N) is 2. The van der Waals surface area contributed by atoms with Crippen LogP contribution in [-0.2, 0) is 5.92 Å². The van der Waals surface area contributed by atoms with Gasteiger partial charge in [0.05, 0.1) is 16.6 Å². The van der Waals surface area contributed by atoms with Crippen molar-refractivity contribution < 1.29 is 39.5 Å². The van der Waals surface area contributed by atoms with E-state index in [4.69, 9.17) is 0 Å². The quantitative estimate of drug-likeness (QED) is 0.550. The molecule has 2 heterocycles. The first-order valence-corrected chi connectivity index (χ1v) is 6.89. The van der Waals surface area contributed by atoms with Gasteiger partial charge in [0.15, 0.2) is 0 Å². The lowest BCUT2D eigenvalue weighted by Gasteiger charge is -2.33. The first-order chi connectivity index (χ1) is 11.8. The minimum absolute atomic E-state index is 0.179. The molecule has 11 heteroatoms. The minimum atomic E-state index is -6.97. The number of hydrogen-bond donors (Lipinski definition) is 0. The summed E-state index contributed by atoms with van der Waals surface area (Å²) >= 11 is 0. The molecule has 3 rings (SSSR count). The molecule has 3 aromatic rings. The standard InChI is InChI=1S/C15H7F9N2/c16-12(17,13(18,19)14(20,21)15(22,23)24)11-10-6-3-7-26(10)9-5-2-1-4-8(9)25-11/h1-7H. The predicted octanol–water partition coefficient (Wildman–Crippen LogP) is 5.41. The molecular weight excluding hydrogens is 379 g/mol. The second kappa shape index (κ2) is 5.27. The highest BCUT2D eigenvalue weighted by Gasteiger charge is 2.82. The van der Waals surface area contributed by atoms with Crippen LogP contribution >= 0.6 is 0 Å². The zero-order chi connectivity index (χ0) is 19.5. The van der Waals surface area contributed by atoms with Crippen LogP contribution in [0.25, 0.3) is 16.6 Å². The highest BCUT2D eigenvalue weighted by atomic mass is 19.4. The van der Waals surface area contributed by atoms with Gasteiger partial charge in [0.25, 0.3) is 0 Å². The van der Waals surface area contributed by atoms with Crippen LogP contribution in [0.3, 0.4) is 0 Å². The number of benzene rings is 1. The van der Waals surface area contributed by atoms with Gasteiger partial charge in [0, 0.05) is 6.20 Å². The van der Waals surface area contributed by atoms with Crippen molar-refractivity contribution >= 4 is 16.6 Å². The fourth-order valence-electron chi connectivity index (χ4n) is 2.48. The molecule has 0 radical (unpaired) electrons. The van der Waals surface area contributed by atoms with Crippen LogP contribution in [-0.4, -0.2) is 27.4 Å². The lowest BCUT2D eigenvalue weighted by molar-refractivity contribution is -0.399. The SMILES string of the molecule is FC(F)(F)C(F)(F)C(F)(F)C(F)(F)c1nc2ccccc2n2cccc12. The highest BCUT2D eigenvalue weighted by Crippen LogP contribution is 2.56. The summed E-state index contributed by atoms with van der Waals surface area (Å²) in [5, 5.41) is 0. The molecule has 0 bridgehead atoms. The Labute approximate surface area is 138 Å². The Hall–Kier alpha value is -2.46. The first-order valence-electron chi connectivity index (χ1n) is 6.89. The van der Waals surface area contributed by atoms with Crippen LogP contribution in [0.15, 0.2) is 42.6 Å². The van der Waals surface area contributed by atoms with Gasteiger partial charge < -0.3 is 4.40 Å². The second-order valence-electron chi connectivity index (χ2n) is 5.43. The molecule has 0 spiro atoms. The Morgan fingerprint density at radius 2 is 1.27 bits per heavy atom. The third-order valence-corrected chi connectivity index (χ3v) is 3.81. The van der Waals surface area contributed by atoms with Crippen molar-refractivity contribution in [2.75, 3.05) is 0 Å². The van der Waals surface area contributed by atoms with E-state index >= 15 is 0 Å². The van der Waals surface area contributed by atoms with E-state index in [-0.39, 0.29) is 11.0 Å². The van der Waals surface area contributed by atoms with E-state index in [2.05, 4.69) is 4.98 Å². The van der Waals surface area contributed by atoms with Crippen LogP contribution < -0.4 is 0 Å². The van der Waals surface area contributed by atoms with E-state index in [1.165, 1.54) is 24.4 Å². The molecule has 0 unspecified atom stereocenters. The number of rotatable bonds is 3. The number of aromatic nitrogens is 2. The van der Waals surface area contributed by atoms with Gasteiger partial charge in [-0.25, -0.2) is 4.98 Å². The fraction of sp³-hybridized carbons (Fsp3) is 0.267. The molecule has 0 fully saturated rings. The predicted molar refractivity (Wildman–Crippen MR) is 72.5 cm³/mol. The Balaban J connectivity index is 2.31. The maximum absolute atomic E-state index is 14.3. The number of alkyl halides is 9. The Bertz CT molecular complexity index is 972. The molecule has 0 amide bonds. The van der Waals surface area contributed by atoms with E-state index in [9.17, 15) is 39.5 Å². The average molecular weight is 386 g/mol. The smallest absolute Gasteiger partial charge is 0.313 e. The van der Waals surface area contributed by atoms with Crippen molar-refractivity contribution in [2.24, 2.45) is 0 Å². The number of fused-ring (bicyclic) bond motifs is 3. The van der Waals surface area contributed by atoms with Gasteiger partial charge in [-0.3, -0.25) is 0 Å². The molecule has 0 saturated heterocycles. The molecule has 2 aromatic heterocycles. The summed E-state index contributed by atoms with van der Waals surface area (Å²) in [6.07, 6.45) is -5.71. The lowest BCUT2D eigenvalue weighted by Crippen LogP contribution is -2.59. The first kappa shape index (κ1) is 18.3. The molecule has 140 valence electrons. The average Bonchev–Trinajstić information content (AvgIpc) is 3.02. The van der Waals surface area contributed by atoms with Crippen LogP contribution in [0.5, 0.6) is 0 Å². The zero-order valence-corrected chi connectivity index (χ0v) is 12.3. The van der Waals surface area contributed by atoms with Gasteiger partial charge in [-0.05, 0) is 24.3 Å². The van der Waals surface area contributed by atoms with Crippen LogP contribution in [0.4, 0.5) is 39.5 Å². The van der Waals surface area contributed by atoms with Crippen molar-refractivity contribution in [3.63, 3.8) is 0 Å². The molecule has 1 aromatic carbocycles. The van der Waals surface area contributed by atoms with E-state index in [0.29, 0.717) is 0 Å². The molecule has 0 saturated carbocycles. The molecule has 0 atom stereocenters. The summed E-state index contributed by atoms with van der Waals surface area (Å²) in [5.74, 6) is -19.6. The summed E-state index contributed by atoms with van der Waals surface area (Å²) in [5.41, 5.74) is -2.70. The van der Waals surface area contributed by atoms with Gasteiger partial charge >= 0.3 is 23.9 Å². The van der Waals surface area contributed by atoms with Crippen LogP contribution in [0, 0.1) is 0 Å². The number of para-hydroxylation sites is 2. The monoisotopic (exact) mass is 386 g/mol. The summed E-state index contributed by atoms with van der Waals surface area (Å²) in [4.78, 5) is 3.26. The van der Waals surface area contributed by atoms with Crippen molar-refractivity contribution in [3.8, 4) is 0 Å². The molecular formula is C15H7F9N2. The number of hydrogen-bond acceptors (Lipinski definition) is 1. The van der Waals surface area contributed by atoms with Crippen molar-refractivity contribution in [1.82, 2.24) is 9.38 Å². The Morgan fingerprint density at radius 3 is 1.88 bits per heavy atom. The summed E-state index contributed by atoms with van der Waals surface area (Å²) < 4.78 is 120. The zero-order valence-electron chi connectivity index (χ0n) is 12.3. The lowest BCUT2D eigenvalue weighted by atomic mass is 10.00. The normalized spacial score (nSPS) is 14.3. The van der Waals surface area contributed by atoms with Crippen molar-refractivity contribution in [2.45, 2.75) is 23.9 Å². The van der Waals surface area contributed by atoms with Crippen LogP contribution in [0.2, 0.25) is 0 Å². The van der Waals surface area contributed by atoms with Crippen molar-refractivity contribution in [1.29, 1.82) is 0 Å². The maximum Gasteiger partial charge on any atom is 0.460 e. The van der Waals surface area contributed by atoms with Gasteiger partial charge in [0.1, 0.15) is 5.69 Å². The summed E-state index contributed by atoms with van der Waals surface area (Å²) in [6.45, 7) is 0. The maximum atomic E-state index is 14.3. The molecule has 2 nitrogen and oxygen atoms in total.